The first kappa shape index (κ1) is 14.5. The van der Waals surface area contributed by atoms with E-state index in [9.17, 15) is 19.5 Å². The number of ether oxygens (including phenoxy) is 1. The second kappa shape index (κ2) is 5.84. The first-order valence-corrected chi connectivity index (χ1v) is 6.03. The van der Waals surface area contributed by atoms with Crippen LogP contribution in [0.15, 0.2) is 0 Å². The standard InChI is InChI=1S/C12H19NO5/c1-8(2)18-10(15)4-6-12(11(16)17)5-3-9(14)13-7-12/h8H,3-7H2,1-2H3,(H,13,14)(H,16,17)/p-1/t12-/m1/s1. The first-order valence-electron chi connectivity index (χ1n) is 6.03. The van der Waals surface area contributed by atoms with Crippen molar-refractivity contribution in [3.8, 4) is 0 Å². The Balaban J connectivity index is 2.56. The second-order valence-electron chi connectivity index (χ2n) is 4.88. The molecule has 1 aliphatic heterocycles. The van der Waals surface area contributed by atoms with Crippen molar-refractivity contribution in [1.82, 2.24) is 5.32 Å². The molecule has 6 heteroatoms. The maximum atomic E-state index is 11.4. The fourth-order valence-electron chi connectivity index (χ4n) is 1.95. The van der Waals surface area contributed by atoms with Gasteiger partial charge in [-0.15, -0.1) is 0 Å². The zero-order valence-electron chi connectivity index (χ0n) is 10.7. The van der Waals surface area contributed by atoms with Crippen molar-refractivity contribution in [1.29, 1.82) is 0 Å². The minimum atomic E-state index is -1.22. The van der Waals surface area contributed by atoms with Crippen molar-refractivity contribution in [3.05, 3.63) is 0 Å². The fraction of sp³-hybridized carbons (Fsp3) is 0.750. The monoisotopic (exact) mass is 256 g/mol. The predicted octanol–water partition coefficient (Wildman–Crippen LogP) is -0.635. The highest BCUT2D eigenvalue weighted by molar-refractivity contribution is 5.82. The highest BCUT2D eigenvalue weighted by Gasteiger charge is 2.36. The van der Waals surface area contributed by atoms with Crippen molar-refractivity contribution < 1.29 is 24.2 Å². The number of hydrogen-bond donors (Lipinski definition) is 1. The lowest BCUT2D eigenvalue weighted by molar-refractivity contribution is -0.320. The topological polar surface area (TPSA) is 95.5 Å². The van der Waals surface area contributed by atoms with Crippen molar-refractivity contribution in [2.24, 2.45) is 5.41 Å². The Kier molecular flexibility index (Phi) is 4.69. The van der Waals surface area contributed by atoms with Gasteiger partial charge in [0, 0.05) is 30.8 Å². The van der Waals surface area contributed by atoms with Gasteiger partial charge in [-0.3, -0.25) is 9.59 Å². The van der Waals surface area contributed by atoms with Crippen molar-refractivity contribution >= 4 is 17.8 Å². The molecule has 0 aromatic carbocycles. The number of esters is 1. The number of aliphatic carboxylic acids is 1. The van der Waals surface area contributed by atoms with Gasteiger partial charge in [0.05, 0.1) is 6.10 Å². The van der Waals surface area contributed by atoms with Crippen LogP contribution in [0.1, 0.15) is 39.5 Å². The molecule has 0 aromatic rings. The van der Waals surface area contributed by atoms with E-state index in [4.69, 9.17) is 4.74 Å². The molecule has 0 saturated carbocycles. The Morgan fingerprint density at radius 3 is 2.61 bits per heavy atom. The molecule has 0 aliphatic carbocycles. The van der Waals surface area contributed by atoms with Crippen LogP contribution in [0.5, 0.6) is 0 Å². The largest absolute Gasteiger partial charge is 0.549 e. The molecule has 1 fully saturated rings. The molecule has 1 rings (SSSR count). The van der Waals surface area contributed by atoms with Crippen LogP contribution in [0.4, 0.5) is 0 Å². The Morgan fingerprint density at radius 1 is 1.50 bits per heavy atom. The molecular formula is C12H18NO5-. The number of nitrogens with one attached hydrogen (secondary N) is 1. The number of rotatable bonds is 5. The Bertz CT molecular complexity index is 340. The van der Waals surface area contributed by atoms with E-state index in [1.165, 1.54) is 0 Å². The SMILES string of the molecule is CC(C)OC(=O)CC[C@]1(C(=O)[O-])CCC(=O)NC1. The molecule has 1 aliphatic rings. The molecule has 1 saturated heterocycles. The lowest BCUT2D eigenvalue weighted by Crippen LogP contribution is -2.53. The molecular weight excluding hydrogens is 238 g/mol. The summed E-state index contributed by atoms with van der Waals surface area (Å²) in [6, 6.07) is 0. The van der Waals surface area contributed by atoms with Gasteiger partial charge < -0.3 is 20.0 Å². The summed E-state index contributed by atoms with van der Waals surface area (Å²) in [7, 11) is 0. The Morgan fingerprint density at radius 2 is 2.17 bits per heavy atom. The van der Waals surface area contributed by atoms with Crippen molar-refractivity contribution in [2.75, 3.05) is 6.54 Å². The number of carboxylic acids is 1. The molecule has 6 nitrogen and oxygen atoms in total. The van der Waals surface area contributed by atoms with Gasteiger partial charge in [0.15, 0.2) is 0 Å². The maximum absolute atomic E-state index is 11.4. The number of carboxylic acid groups (broad SMARTS) is 1. The highest BCUT2D eigenvalue weighted by Crippen LogP contribution is 2.31. The molecule has 0 unspecified atom stereocenters. The molecule has 0 spiro atoms. The van der Waals surface area contributed by atoms with Gasteiger partial charge in [-0.2, -0.15) is 0 Å². The van der Waals surface area contributed by atoms with E-state index in [2.05, 4.69) is 5.32 Å². The predicted molar refractivity (Wildman–Crippen MR) is 60.1 cm³/mol. The van der Waals surface area contributed by atoms with Gasteiger partial charge in [0.2, 0.25) is 5.91 Å². The summed E-state index contributed by atoms with van der Waals surface area (Å²) in [6.07, 6.45) is 0.273. The van der Waals surface area contributed by atoms with Crippen LogP contribution in [-0.2, 0) is 19.1 Å². The smallest absolute Gasteiger partial charge is 0.306 e. The van der Waals surface area contributed by atoms with Gasteiger partial charge in [-0.05, 0) is 26.7 Å². The molecule has 102 valence electrons. The molecule has 0 radical (unpaired) electrons. The van der Waals surface area contributed by atoms with E-state index in [0.717, 1.165) is 0 Å². The lowest BCUT2D eigenvalue weighted by atomic mass is 9.77. The van der Waals surface area contributed by atoms with Crippen LogP contribution >= 0.6 is 0 Å². The van der Waals surface area contributed by atoms with E-state index < -0.39 is 17.4 Å². The molecule has 18 heavy (non-hydrogen) atoms. The van der Waals surface area contributed by atoms with Gasteiger partial charge in [0.25, 0.3) is 0 Å². The molecule has 1 atom stereocenters. The molecule has 0 aromatic heterocycles. The first-order chi connectivity index (χ1) is 8.35. The third kappa shape index (κ3) is 3.72. The van der Waals surface area contributed by atoms with E-state index in [1.807, 2.05) is 0 Å². The van der Waals surface area contributed by atoms with Crippen molar-refractivity contribution in [3.63, 3.8) is 0 Å². The summed E-state index contributed by atoms with van der Waals surface area (Å²) >= 11 is 0. The number of hydrogen-bond acceptors (Lipinski definition) is 5. The summed E-state index contributed by atoms with van der Waals surface area (Å²) < 4.78 is 4.95. The fourth-order valence-corrected chi connectivity index (χ4v) is 1.95. The lowest BCUT2D eigenvalue weighted by Gasteiger charge is -2.37. The van der Waals surface area contributed by atoms with Gasteiger partial charge in [-0.1, -0.05) is 0 Å². The summed E-state index contributed by atoms with van der Waals surface area (Å²) in [4.78, 5) is 33.6. The van der Waals surface area contributed by atoms with E-state index in [-0.39, 0.29) is 44.2 Å². The number of carbonyl (C=O) groups excluding carboxylic acids is 3. The van der Waals surface area contributed by atoms with E-state index in [1.54, 1.807) is 13.8 Å². The summed E-state index contributed by atoms with van der Waals surface area (Å²) in [5.41, 5.74) is -1.15. The Hall–Kier alpha value is -1.59. The average molecular weight is 256 g/mol. The number of piperidine rings is 1. The minimum Gasteiger partial charge on any atom is -0.549 e. The highest BCUT2D eigenvalue weighted by atomic mass is 16.5. The van der Waals surface area contributed by atoms with Crippen LogP contribution in [-0.4, -0.2) is 30.5 Å². The van der Waals surface area contributed by atoms with Gasteiger partial charge >= 0.3 is 5.97 Å². The van der Waals surface area contributed by atoms with Crippen LogP contribution in [0.25, 0.3) is 0 Å². The van der Waals surface area contributed by atoms with Crippen LogP contribution in [0.2, 0.25) is 0 Å². The Labute approximate surface area is 106 Å². The molecule has 1 amide bonds. The van der Waals surface area contributed by atoms with Crippen LogP contribution in [0.3, 0.4) is 0 Å². The molecule has 1 heterocycles. The summed E-state index contributed by atoms with van der Waals surface area (Å²) in [5, 5.41) is 13.7. The maximum Gasteiger partial charge on any atom is 0.306 e. The van der Waals surface area contributed by atoms with Crippen LogP contribution in [0, 0.1) is 5.41 Å². The normalized spacial score (nSPS) is 23.6. The number of amides is 1. The summed E-state index contributed by atoms with van der Waals surface area (Å²) in [6.45, 7) is 3.48. The quantitative estimate of drug-likeness (QED) is 0.660. The van der Waals surface area contributed by atoms with Gasteiger partial charge in [-0.25, -0.2) is 0 Å². The zero-order chi connectivity index (χ0) is 13.8. The average Bonchev–Trinajstić information content (AvgIpc) is 2.27. The summed E-state index contributed by atoms with van der Waals surface area (Å²) in [5.74, 6) is -1.82. The van der Waals surface area contributed by atoms with E-state index in [0.29, 0.717) is 0 Å². The second-order valence-corrected chi connectivity index (χ2v) is 4.88. The van der Waals surface area contributed by atoms with E-state index >= 15 is 0 Å². The van der Waals surface area contributed by atoms with Crippen molar-refractivity contribution in [2.45, 2.75) is 45.6 Å². The van der Waals surface area contributed by atoms with Gasteiger partial charge in [0.1, 0.15) is 0 Å². The third-order valence-electron chi connectivity index (χ3n) is 3.06. The zero-order valence-corrected chi connectivity index (χ0v) is 10.7. The molecule has 0 bridgehead atoms. The number of carbonyl (C=O) groups is 3. The third-order valence-corrected chi connectivity index (χ3v) is 3.06. The van der Waals surface area contributed by atoms with Crippen LogP contribution < -0.4 is 10.4 Å². The minimum absolute atomic E-state index is 0.0159. The molecule has 1 N–H and O–H groups in total.